The topological polar surface area (TPSA) is 42.2 Å². The number of hydrogen-bond acceptors (Lipinski definition) is 1. The first-order valence-corrected chi connectivity index (χ1v) is 6.82. The molecule has 3 rings (SSSR count). The Morgan fingerprint density at radius 1 is 1.25 bits per heavy atom. The Morgan fingerprint density at radius 2 is 1.95 bits per heavy atom. The molecular formula is C16H16FNO2. The molecule has 3 nitrogen and oxygen atoms in total. The Labute approximate surface area is 116 Å². The van der Waals surface area contributed by atoms with Crippen LogP contribution in [0.1, 0.15) is 40.2 Å². The van der Waals surface area contributed by atoms with Crippen molar-refractivity contribution in [3.05, 3.63) is 52.6 Å². The fraction of sp³-hybridized carbons (Fsp3) is 0.312. The molecule has 0 amide bonds. The zero-order chi connectivity index (χ0) is 14.3. The number of carboxylic acid groups (broad SMARTS) is 1. The fourth-order valence-electron chi connectivity index (χ4n) is 3.18. The summed E-state index contributed by atoms with van der Waals surface area (Å²) in [6.07, 6.45) is 3.58. The summed E-state index contributed by atoms with van der Waals surface area (Å²) in [6, 6.07) is 6.52. The van der Waals surface area contributed by atoms with Gasteiger partial charge in [0.15, 0.2) is 0 Å². The standard InChI is InChI=1S/C16H16FNO2/c1-10-15(16(19)20)11-6-2-4-8-13(11)18(10)14-9-5-3-7-12(14)17/h3,5,7,9H,2,4,6,8H2,1H3,(H,19,20). The molecule has 0 aliphatic heterocycles. The minimum absolute atomic E-state index is 0.323. The number of carboxylic acids is 1. The van der Waals surface area contributed by atoms with Crippen LogP contribution in [0.4, 0.5) is 4.39 Å². The summed E-state index contributed by atoms with van der Waals surface area (Å²) in [7, 11) is 0. The molecule has 0 fully saturated rings. The van der Waals surface area contributed by atoms with Crippen LogP contribution in [0.2, 0.25) is 0 Å². The summed E-state index contributed by atoms with van der Waals surface area (Å²) in [5.74, 6) is -1.24. The lowest BCUT2D eigenvalue weighted by atomic mass is 9.94. The largest absolute Gasteiger partial charge is 0.478 e. The Bertz CT molecular complexity index is 688. The van der Waals surface area contributed by atoms with E-state index >= 15 is 0 Å². The number of hydrogen-bond donors (Lipinski definition) is 1. The number of para-hydroxylation sites is 1. The minimum Gasteiger partial charge on any atom is -0.478 e. The number of nitrogens with zero attached hydrogens (tertiary/aromatic N) is 1. The number of halogens is 1. The SMILES string of the molecule is Cc1c(C(=O)O)c2c(n1-c1ccccc1F)CCCC2. The molecule has 1 aliphatic carbocycles. The van der Waals surface area contributed by atoms with E-state index in [1.807, 2.05) is 0 Å². The van der Waals surface area contributed by atoms with Crippen LogP contribution < -0.4 is 0 Å². The lowest BCUT2D eigenvalue weighted by Gasteiger charge is -2.16. The third-order valence-corrected chi connectivity index (χ3v) is 4.01. The second-order valence-corrected chi connectivity index (χ2v) is 5.18. The summed E-state index contributed by atoms with van der Waals surface area (Å²) in [6.45, 7) is 1.76. The highest BCUT2D eigenvalue weighted by atomic mass is 19.1. The first-order chi connectivity index (χ1) is 9.61. The summed E-state index contributed by atoms with van der Waals surface area (Å²) in [4.78, 5) is 11.5. The maximum Gasteiger partial charge on any atom is 0.337 e. The average molecular weight is 273 g/mol. The van der Waals surface area contributed by atoms with E-state index in [9.17, 15) is 14.3 Å². The van der Waals surface area contributed by atoms with Gasteiger partial charge < -0.3 is 9.67 Å². The molecule has 0 saturated carbocycles. The molecule has 0 radical (unpaired) electrons. The zero-order valence-electron chi connectivity index (χ0n) is 11.3. The van der Waals surface area contributed by atoms with Crippen LogP contribution >= 0.6 is 0 Å². The molecule has 0 bridgehead atoms. The van der Waals surface area contributed by atoms with Gasteiger partial charge in [0.2, 0.25) is 0 Å². The average Bonchev–Trinajstić information content (AvgIpc) is 2.71. The number of aromatic carboxylic acids is 1. The number of carbonyl (C=O) groups is 1. The van der Waals surface area contributed by atoms with Crippen LogP contribution in [0.3, 0.4) is 0 Å². The van der Waals surface area contributed by atoms with Gasteiger partial charge in [0, 0.05) is 11.4 Å². The molecule has 20 heavy (non-hydrogen) atoms. The summed E-state index contributed by atoms with van der Waals surface area (Å²) in [5.41, 5.74) is 3.24. The normalized spacial score (nSPS) is 14.1. The van der Waals surface area contributed by atoms with Gasteiger partial charge in [-0.05, 0) is 50.3 Å². The molecule has 0 saturated heterocycles. The van der Waals surface area contributed by atoms with E-state index in [2.05, 4.69) is 0 Å². The van der Waals surface area contributed by atoms with Crippen molar-refractivity contribution in [3.8, 4) is 5.69 Å². The molecule has 0 atom stereocenters. The van der Waals surface area contributed by atoms with Crippen molar-refractivity contribution in [2.45, 2.75) is 32.6 Å². The second kappa shape index (κ2) is 4.78. The minimum atomic E-state index is -0.921. The molecule has 0 unspecified atom stereocenters. The number of rotatable bonds is 2. The predicted octanol–water partition coefficient (Wildman–Crippen LogP) is 3.50. The molecular weight excluding hydrogens is 257 g/mol. The van der Waals surface area contributed by atoms with Crippen molar-refractivity contribution >= 4 is 5.97 Å². The van der Waals surface area contributed by atoms with E-state index < -0.39 is 5.97 Å². The van der Waals surface area contributed by atoms with Gasteiger partial charge in [0.05, 0.1) is 11.3 Å². The highest BCUT2D eigenvalue weighted by Crippen LogP contribution is 2.33. The summed E-state index contributed by atoms with van der Waals surface area (Å²) >= 11 is 0. The first-order valence-electron chi connectivity index (χ1n) is 6.82. The molecule has 4 heteroatoms. The summed E-state index contributed by atoms with van der Waals surface area (Å²) < 4.78 is 15.9. The van der Waals surface area contributed by atoms with Crippen molar-refractivity contribution in [2.24, 2.45) is 0 Å². The highest BCUT2D eigenvalue weighted by Gasteiger charge is 2.27. The molecule has 1 aromatic heterocycles. The van der Waals surface area contributed by atoms with Crippen LogP contribution in [-0.4, -0.2) is 15.6 Å². The van der Waals surface area contributed by atoms with Gasteiger partial charge in [-0.25, -0.2) is 9.18 Å². The van der Waals surface area contributed by atoms with E-state index in [1.165, 1.54) is 6.07 Å². The van der Waals surface area contributed by atoms with Crippen molar-refractivity contribution in [3.63, 3.8) is 0 Å². The quantitative estimate of drug-likeness (QED) is 0.910. The van der Waals surface area contributed by atoms with Crippen molar-refractivity contribution in [1.82, 2.24) is 4.57 Å². The first kappa shape index (κ1) is 12.9. The molecule has 2 aromatic rings. The van der Waals surface area contributed by atoms with Gasteiger partial charge in [0.1, 0.15) is 5.82 Å². The molecule has 1 aromatic carbocycles. The van der Waals surface area contributed by atoms with Crippen LogP contribution in [0, 0.1) is 12.7 Å². The van der Waals surface area contributed by atoms with E-state index in [1.54, 1.807) is 29.7 Å². The van der Waals surface area contributed by atoms with Gasteiger partial charge in [-0.3, -0.25) is 0 Å². The maximum absolute atomic E-state index is 14.1. The third kappa shape index (κ3) is 1.83. The molecule has 1 N–H and O–H groups in total. The number of benzene rings is 1. The second-order valence-electron chi connectivity index (χ2n) is 5.18. The summed E-state index contributed by atoms with van der Waals surface area (Å²) in [5, 5.41) is 9.44. The van der Waals surface area contributed by atoms with E-state index in [0.29, 0.717) is 16.9 Å². The van der Waals surface area contributed by atoms with Crippen LogP contribution in [-0.2, 0) is 12.8 Å². The van der Waals surface area contributed by atoms with Gasteiger partial charge in [0.25, 0.3) is 0 Å². The lowest BCUT2D eigenvalue weighted by Crippen LogP contribution is -2.09. The monoisotopic (exact) mass is 273 g/mol. The molecule has 1 heterocycles. The zero-order valence-corrected chi connectivity index (χ0v) is 11.3. The van der Waals surface area contributed by atoms with Gasteiger partial charge in [-0.2, -0.15) is 0 Å². The smallest absolute Gasteiger partial charge is 0.337 e. The Hall–Kier alpha value is -2.10. The van der Waals surface area contributed by atoms with Crippen LogP contribution in [0.25, 0.3) is 5.69 Å². The number of aromatic nitrogens is 1. The van der Waals surface area contributed by atoms with E-state index in [0.717, 1.165) is 36.9 Å². The van der Waals surface area contributed by atoms with E-state index in [-0.39, 0.29) is 5.82 Å². The van der Waals surface area contributed by atoms with Crippen LogP contribution in [0.15, 0.2) is 24.3 Å². The Morgan fingerprint density at radius 3 is 2.65 bits per heavy atom. The predicted molar refractivity (Wildman–Crippen MR) is 74.1 cm³/mol. The Kier molecular flexibility index (Phi) is 3.08. The molecule has 1 aliphatic rings. The maximum atomic E-state index is 14.1. The van der Waals surface area contributed by atoms with Crippen molar-refractivity contribution in [2.75, 3.05) is 0 Å². The highest BCUT2D eigenvalue weighted by molar-refractivity contribution is 5.92. The van der Waals surface area contributed by atoms with Crippen molar-refractivity contribution < 1.29 is 14.3 Å². The van der Waals surface area contributed by atoms with Crippen molar-refractivity contribution in [1.29, 1.82) is 0 Å². The van der Waals surface area contributed by atoms with Gasteiger partial charge in [-0.15, -0.1) is 0 Å². The Balaban J connectivity index is 2.31. The van der Waals surface area contributed by atoms with Gasteiger partial charge >= 0.3 is 5.97 Å². The number of fused-ring (bicyclic) bond motifs is 1. The lowest BCUT2D eigenvalue weighted by molar-refractivity contribution is 0.0695. The molecule has 0 spiro atoms. The third-order valence-electron chi connectivity index (χ3n) is 4.01. The molecule has 104 valence electrons. The van der Waals surface area contributed by atoms with E-state index in [4.69, 9.17) is 0 Å². The fourth-order valence-corrected chi connectivity index (χ4v) is 3.18. The van der Waals surface area contributed by atoms with Crippen LogP contribution in [0.5, 0.6) is 0 Å². The van der Waals surface area contributed by atoms with Gasteiger partial charge in [-0.1, -0.05) is 12.1 Å².